The molecule has 168 valence electrons. The highest BCUT2D eigenvalue weighted by atomic mass is 32.1. The lowest BCUT2D eigenvalue weighted by Crippen LogP contribution is -2.22. The van der Waals surface area contributed by atoms with Crippen LogP contribution in [-0.4, -0.2) is 40.4 Å². The van der Waals surface area contributed by atoms with Gasteiger partial charge in [-0.15, -0.1) is 11.3 Å². The standard InChI is InChI=1S/C24H22N4O4S/c1-16-8-10-17(11-9-16)19-12-21(28(27-19)18-6-4-3-5-7-18)26-22(29)13-32-24(30)20-15-33-23(25-20)14-31-2/h3-12,15H,13-14H2,1-2H3,(H,26,29). The van der Waals surface area contributed by atoms with Gasteiger partial charge >= 0.3 is 5.97 Å². The molecule has 0 aliphatic rings. The number of nitrogens with one attached hydrogen (secondary N) is 1. The van der Waals surface area contributed by atoms with Gasteiger partial charge in [-0.05, 0) is 19.1 Å². The minimum Gasteiger partial charge on any atom is -0.451 e. The van der Waals surface area contributed by atoms with E-state index >= 15 is 0 Å². The molecule has 0 spiro atoms. The predicted octanol–water partition coefficient (Wildman–Crippen LogP) is 4.25. The van der Waals surface area contributed by atoms with E-state index in [4.69, 9.17) is 9.47 Å². The van der Waals surface area contributed by atoms with Crippen LogP contribution >= 0.6 is 11.3 Å². The van der Waals surface area contributed by atoms with Crippen molar-refractivity contribution < 1.29 is 19.1 Å². The van der Waals surface area contributed by atoms with Crippen LogP contribution < -0.4 is 5.32 Å². The van der Waals surface area contributed by atoms with Crippen molar-refractivity contribution >= 4 is 29.0 Å². The van der Waals surface area contributed by atoms with Gasteiger partial charge in [-0.3, -0.25) is 4.79 Å². The number of benzene rings is 2. The molecule has 4 rings (SSSR count). The summed E-state index contributed by atoms with van der Waals surface area (Å²) in [4.78, 5) is 28.9. The van der Waals surface area contributed by atoms with Crippen LogP contribution in [0.5, 0.6) is 0 Å². The quantitative estimate of drug-likeness (QED) is 0.394. The summed E-state index contributed by atoms with van der Waals surface area (Å²) < 4.78 is 11.8. The fraction of sp³-hybridized carbons (Fsp3) is 0.167. The lowest BCUT2D eigenvalue weighted by molar-refractivity contribution is -0.119. The number of aryl methyl sites for hydroxylation is 1. The first-order chi connectivity index (χ1) is 16.0. The van der Waals surface area contributed by atoms with Crippen LogP contribution in [0.15, 0.2) is 66.0 Å². The summed E-state index contributed by atoms with van der Waals surface area (Å²) in [7, 11) is 1.55. The molecule has 1 N–H and O–H groups in total. The van der Waals surface area contributed by atoms with Gasteiger partial charge in [0.05, 0.1) is 18.0 Å². The first kappa shape index (κ1) is 22.4. The van der Waals surface area contributed by atoms with Crippen molar-refractivity contribution in [3.05, 3.63) is 82.3 Å². The maximum Gasteiger partial charge on any atom is 0.358 e. The second-order valence-corrected chi connectivity index (χ2v) is 8.15. The van der Waals surface area contributed by atoms with Crippen molar-refractivity contribution in [2.45, 2.75) is 13.5 Å². The van der Waals surface area contributed by atoms with Crippen LogP contribution in [0.4, 0.5) is 5.82 Å². The predicted molar refractivity (Wildman–Crippen MR) is 125 cm³/mol. The molecular weight excluding hydrogens is 440 g/mol. The lowest BCUT2D eigenvalue weighted by Gasteiger charge is -2.09. The summed E-state index contributed by atoms with van der Waals surface area (Å²) in [6.45, 7) is 1.88. The fourth-order valence-electron chi connectivity index (χ4n) is 3.08. The number of methoxy groups -OCH3 is 1. The molecule has 2 aromatic carbocycles. The number of carbonyl (C=O) groups excluding carboxylic acids is 2. The molecule has 33 heavy (non-hydrogen) atoms. The van der Waals surface area contributed by atoms with Crippen molar-refractivity contribution in [1.82, 2.24) is 14.8 Å². The molecular formula is C24H22N4O4S. The Bertz CT molecular complexity index is 1250. The maximum atomic E-state index is 12.6. The number of amides is 1. The SMILES string of the molecule is COCc1nc(C(=O)OCC(=O)Nc2cc(-c3ccc(C)cc3)nn2-c2ccccc2)cs1. The van der Waals surface area contributed by atoms with Gasteiger partial charge in [0.15, 0.2) is 12.3 Å². The van der Waals surface area contributed by atoms with E-state index in [0.29, 0.717) is 23.1 Å². The molecule has 0 atom stereocenters. The minimum atomic E-state index is -0.666. The first-order valence-electron chi connectivity index (χ1n) is 10.2. The largest absolute Gasteiger partial charge is 0.451 e. The summed E-state index contributed by atoms with van der Waals surface area (Å²) in [5.41, 5.74) is 3.71. The average Bonchev–Trinajstić information content (AvgIpc) is 3.46. The second kappa shape index (κ2) is 10.2. The molecule has 0 bridgehead atoms. The lowest BCUT2D eigenvalue weighted by atomic mass is 10.1. The van der Waals surface area contributed by atoms with Gasteiger partial charge in [-0.1, -0.05) is 48.0 Å². The second-order valence-electron chi connectivity index (χ2n) is 7.21. The molecule has 0 saturated heterocycles. The molecule has 0 fully saturated rings. The van der Waals surface area contributed by atoms with Crippen molar-refractivity contribution in [3.63, 3.8) is 0 Å². The highest BCUT2D eigenvalue weighted by Gasteiger charge is 2.17. The Kier molecular flexibility index (Phi) is 6.92. The van der Waals surface area contributed by atoms with E-state index in [1.54, 1.807) is 23.2 Å². The monoisotopic (exact) mass is 462 g/mol. The van der Waals surface area contributed by atoms with E-state index < -0.39 is 18.5 Å². The summed E-state index contributed by atoms with van der Waals surface area (Å²) in [6.07, 6.45) is 0. The molecule has 0 unspecified atom stereocenters. The smallest absolute Gasteiger partial charge is 0.358 e. The molecule has 0 aliphatic carbocycles. The van der Waals surface area contributed by atoms with E-state index in [1.807, 2.05) is 61.5 Å². The van der Waals surface area contributed by atoms with Crippen LogP contribution in [0.25, 0.3) is 16.9 Å². The van der Waals surface area contributed by atoms with Crippen LogP contribution in [0.2, 0.25) is 0 Å². The fourth-order valence-corrected chi connectivity index (χ4v) is 3.81. The number of hydrogen-bond acceptors (Lipinski definition) is 7. The number of ether oxygens (including phenoxy) is 2. The molecule has 8 nitrogen and oxygen atoms in total. The zero-order chi connectivity index (χ0) is 23.2. The Morgan fingerprint density at radius 1 is 1.09 bits per heavy atom. The van der Waals surface area contributed by atoms with Gasteiger partial charge in [-0.2, -0.15) is 5.10 Å². The molecule has 2 heterocycles. The normalized spacial score (nSPS) is 10.7. The van der Waals surface area contributed by atoms with Crippen LogP contribution in [0.3, 0.4) is 0 Å². The van der Waals surface area contributed by atoms with E-state index in [9.17, 15) is 9.59 Å². The molecule has 9 heteroatoms. The third-order valence-corrected chi connectivity index (χ3v) is 5.51. The summed E-state index contributed by atoms with van der Waals surface area (Å²) in [5.74, 6) is -0.683. The topological polar surface area (TPSA) is 95.3 Å². The van der Waals surface area contributed by atoms with E-state index in [-0.39, 0.29) is 5.69 Å². The number of aromatic nitrogens is 3. The third-order valence-electron chi connectivity index (χ3n) is 4.69. The number of nitrogens with zero attached hydrogens (tertiary/aromatic N) is 3. The summed E-state index contributed by atoms with van der Waals surface area (Å²) in [6, 6.07) is 19.2. The number of hydrogen-bond donors (Lipinski definition) is 1. The molecule has 1 amide bonds. The summed E-state index contributed by atoms with van der Waals surface area (Å²) in [5, 5.41) is 9.69. The van der Waals surface area contributed by atoms with E-state index in [1.165, 1.54) is 11.3 Å². The number of esters is 1. The van der Waals surface area contributed by atoms with Crippen molar-refractivity contribution in [2.75, 3.05) is 19.0 Å². The van der Waals surface area contributed by atoms with E-state index in [2.05, 4.69) is 15.4 Å². The zero-order valence-electron chi connectivity index (χ0n) is 18.1. The van der Waals surface area contributed by atoms with Crippen LogP contribution in [-0.2, 0) is 20.9 Å². The van der Waals surface area contributed by atoms with Gasteiger partial charge in [0, 0.05) is 24.1 Å². The van der Waals surface area contributed by atoms with Crippen molar-refractivity contribution in [2.24, 2.45) is 0 Å². The Morgan fingerprint density at radius 3 is 2.58 bits per heavy atom. The highest BCUT2D eigenvalue weighted by Crippen LogP contribution is 2.25. The van der Waals surface area contributed by atoms with Crippen LogP contribution in [0, 0.1) is 6.92 Å². The molecule has 0 saturated carbocycles. The zero-order valence-corrected chi connectivity index (χ0v) is 19.0. The number of rotatable bonds is 8. The number of anilines is 1. The van der Waals surface area contributed by atoms with E-state index in [0.717, 1.165) is 16.8 Å². The minimum absolute atomic E-state index is 0.149. The maximum absolute atomic E-state index is 12.6. The third kappa shape index (κ3) is 5.51. The van der Waals surface area contributed by atoms with Gasteiger partial charge < -0.3 is 14.8 Å². The molecule has 2 aromatic heterocycles. The Hall–Kier alpha value is -3.82. The summed E-state index contributed by atoms with van der Waals surface area (Å²) >= 11 is 1.29. The molecule has 0 aliphatic heterocycles. The number of para-hydroxylation sites is 1. The molecule has 4 aromatic rings. The van der Waals surface area contributed by atoms with Crippen LogP contribution in [0.1, 0.15) is 21.1 Å². The Morgan fingerprint density at radius 2 is 1.85 bits per heavy atom. The Labute approximate surface area is 194 Å². The Balaban J connectivity index is 1.49. The molecule has 0 radical (unpaired) electrons. The number of thiazole rings is 1. The van der Waals surface area contributed by atoms with Gasteiger partial charge in [0.25, 0.3) is 5.91 Å². The van der Waals surface area contributed by atoms with Crippen molar-refractivity contribution in [3.8, 4) is 16.9 Å². The van der Waals surface area contributed by atoms with Crippen molar-refractivity contribution in [1.29, 1.82) is 0 Å². The average molecular weight is 463 g/mol. The van der Waals surface area contributed by atoms with Gasteiger partial charge in [-0.25, -0.2) is 14.5 Å². The highest BCUT2D eigenvalue weighted by molar-refractivity contribution is 7.09. The first-order valence-corrected chi connectivity index (χ1v) is 11.0. The number of carbonyl (C=O) groups is 2. The van der Waals surface area contributed by atoms with Gasteiger partial charge in [0.1, 0.15) is 10.8 Å². The van der Waals surface area contributed by atoms with Gasteiger partial charge in [0.2, 0.25) is 0 Å².